The minimum atomic E-state index is -0.382. The molecule has 0 bridgehead atoms. The van der Waals surface area contributed by atoms with E-state index < -0.39 is 0 Å². The molecule has 0 unspecified atom stereocenters. The topological polar surface area (TPSA) is 110 Å². The van der Waals surface area contributed by atoms with E-state index in [1.807, 2.05) is 6.07 Å². The van der Waals surface area contributed by atoms with E-state index in [4.69, 9.17) is 11.5 Å². The molecule has 176 valence electrons. The monoisotopic (exact) mass is 486 g/mol. The number of thiophene rings is 1. The average molecular weight is 487 g/mol. The Kier molecular flexibility index (Phi) is 7.23. The van der Waals surface area contributed by atoms with Gasteiger partial charge in [0.1, 0.15) is 5.82 Å². The molecule has 2 amide bonds. The molecule has 0 saturated heterocycles. The highest BCUT2D eigenvalue weighted by Gasteiger charge is 2.14. The van der Waals surface area contributed by atoms with Crippen LogP contribution in [0.4, 0.5) is 20.8 Å². The third kappa shape index (κ3) is 6.13. The molecular weight excluding hydrogens is 463 g/mol. The van der Waals surface area contributed by atoms with E-state index in [0.717, 1.165) is 10.4 Å². The highest BCUT2D eigenvalue weighted by Crippen LogP contribution is 2.25. The zero-order valence-corrected chi connectivity index (χ0v) is 19.4. The molecule has 0 aliphatic rings. The van der Waals surface area contributed by atoms with Crippen LogP contribution in [0.5, 0.6) is 0 Å². The molecule has 1 heterocycles. The van der Waals surface area contributed by atoms with E-state index in [1.54, 1.807) is 72.8 Å². The lowest BCUT2D eigenvalue weighted by atomic mass is 10.0. The van der Waals surface area contributed by atoms with Crippen LogP contribution < -0.4 is 22.1 Å². The maximum Gasteiger partial charge on any atom is 0.255 e. The summed E-state index contributed by atoms with van der Waals surface area (Å²) < 4.78 is 13.4. The number of halogens is 1. The van der Waals surface area contributed by atoms with Gasteiger partial charge in [0.15, 0.2) is 0 Å². The van der Waals surface area contributed by atoms with Gasteiger partial charge >= 0.3 is 0 Å². The van der Waals surface area contributed by atoms with Gasteiger partial charge in [-0.15, -0.1) is 11.3 Å². The third-order valence-corrected chi connectivity index (χ3v) is 6.07. The van der Waals surface area contributed by atoms with Gasteiger partial charge in [0.25, 0.3) is 11.8 Å². The van der Waals surface area contributed by atoms with E-state index in [1.165, 1.54) is 23.5 Å². The first-order valence-electron chi connectivity index (χ1n) is 10.7. The Morgan fingerprint density at radius 2 is 1.54 bits per heavy atom. The van der Waals surface area contributed by atoms with E-state index in [0.29, 0.717) is 33.1 Å². The quantitative estimate of drug-likeness (QED) is 0.214. The Labute approximate surface area is 206 Å². The number of nitrogens with one attached hydrogen (secondary N) is 2. The van der Waals surface area contributed by atoms with Crippen LogP contribution in [0.1, 0.15) is 26.4 Å². The van der Waals surface area contributed by atoms with Crippen molar-refractivity contribution in [3.05, 3.63) is 112 Å². The fourth-order valence-electron chi connectivity index (χ4n) is 3.35. The number of benzene rings is 3. The van der Waals surface area contributed by atoms with Gasteiger partial charge in [0, 0.05) is 22.6 Å². The predicted molar refractivity (Wildman–Crippen MR) is 140 cm³/mol. The third-order valence-electron chi connectivity index (χ3n) is 5.21. The van der Waals surface area contributed by atoms with Crippen molar-refractivity contribution in [2.45, 2.75) is 6.54 Å². The van der Waals surface area contributed by atoms with Crippen molar-refractivity contribution >= 4 is 51.2 Å². The van der Waals surface area contributed by atoms with Crippen molar-refractivity contribution in [2.75, 3.05) is 16.8 Å². The van der Waals surface area contributed by atoms with Gasteiger partial charge in [-0.1, -0.05) is 36.4 Å². The standard InChI is InChI=1S/C27H23FN4O2S/c28-20-11-9-18(10-12-20)22(15-21-13-14-25(30)35-21)27(34)31-16-17-5-7-19(8-6-17)26(33)32-24-4-2-1-3-23(24)29/h1-15H,16,29-30H2,(H,31,34)(H,32,33)/b22-15+. The second-order valence-electron chi connectivity index (χ2n) is 7.73. The molecule has 4 aromatic rings. The molecule has 1 aromatic heterocycles. The van der Waals surface area contributed by atoms with Gasteiger partial charge in [-0.2, -0.15) is 0 Å². The van der Waals surface area contributed by atoms with Crippen LogP contribution in [0.15, 0.2) is 84.9 Å². The average Bonchev–Trinajstić information content (AvgIpc) is 3.28. The van der Waals surface area contributed by atoms with Crippen molar-refractivity contribution < 1.29 is 14.0 Å². The van der Waals surface area contributed by atoms with E-state index >= 15 is 0 Å². The number of hydrogen-bond acceptors (Lipinski definition) is 5. The summed E-state index contributed by atoms with van der Waals surface area (Å²) in [6.45, 7) is 0.247. The molecular formula is C27H23FN4O2S. The molecule has 0 atom stereocenters. The predicted octanol–water partition coefficient (Wildman–Crippen LogP) is 5.16. The highest BCUT2D eigenvalue weighted by molar-refractivity contribution is 7.16. The van der Waals surface area contributed by atoms with Crippen molar-refractivity contribution in [3.8, 4) is 0 Å². The normalized spacial score (nSPS) is 11.2. The Morgan fingerprint density at radius 1 is 0.857 bits per heavy atom. The van der Waals surface area contributed by atoms with Crippen LogP contribution in [0.2, 0.25) is 0 Å². The van der Waals surface area contributed by atoms with Gasteiger partial charge in [-0.25, -0.2) is 4.39 Å². The number of anilines is 3. The van der Waals surface area contributed by atoms with Crippen molar-refractivity contribution in [2.24, 2.45) is 0 Å². The van der Waals surface area contributed by atoms with Crippen LogP contribution in [0.25, 0.3) is 11.6 Å². The number of nitrogens with two attached hydrogens (primary N) is 2. The number of nitrogen functional groups attached to an aromatic ring is 2. The summed E-state index contributed by atoms with van der Waals surface area (Å²) in [7, 11) is 0. The van der Waals surface area contributed by atoms with Gasteiger partial charge in [-0.3, -0.25) is 9.59 Å². The van der Waals surface area contributed by atoms with Crippen LogP contribution >= 0.6 is 11.3 Å². The van der Waals surface area contributed by atoms with E-state index in [-0.39, 0.29) is 24.2 Å². The molecule has 0 aliphatic carbocycles. The molecule has 0 aliphatic heterocycles. The molecule has 0 radical (unpaired) electrons. The first kappa shape index (κ1) is 23.7. The lowest BCUT2D eigenvalue weighted by molar-refractivity contribution is -0.115. The number of rotatable bonds is 7. The number of hydrogen-bond donors (Lipinski definition) is 4. The molecule has 6 nitrogen and oxygen atoms in total. The molecule has 3 aromatic carbocycles. The Bertz CT molecular complexity index is 1380. The number of carbonyl (C=O) groups is 2. The zero-order valence-electron chi connectivity index (χ0n) is 18.6. The first-order valence-corrected chi connectivity index (χ1v) is 11.6. The van der Waals surface area contributed by atoms with Gasteiger partial charge < -0.3 is 22.1 Å². The smallest absolute Gasteiger partial charge is 0.255 e. The number of para-hydroxylation sites is 2. The lowest BCUT2D eigenvalue weighted by Crippen LogP contribution is -2.24. The van der Waals surface area contributed by atoms with Gasteiger partial charge in [0.2, 0.25) is 0 Å². The van der Waals surface area contributed by atoms with Crippen LogP contribution in [0.3, 0.4) is 0 Å². The highest BCUT2D eigenvalue weighted by atomic mass is 32.1. The Morgan fingerprint density at radius 3 is 2.20 bits per heavy atom. The fourth-order valence-corrected chi connectivity index (χ4v) is 4.08. The maximum absolute atomic E-state index is 13.4. The molecule has 4 rings (SSSR count). The fraction of sp³-hybridized carbons (Fsp3) is 0.0370. The van der Waals surface area contributed by atoms with Crippen molar-refractivity contribution in [1.82, 2.24) is 5.32 Å². The van der Waals surface area contributed by atoms with E-state index in [9.17, 15) is 14.0 Å². The summed E-state index contributed by atoms with van der Waals surface area (Å²) in [6, 6.07) is 23.3. The van der Waals surface area contributed by atoms with Crippen LogP contribution in [-0.4, -0.2) is 11.8 Å². The van der Waals surface area contributed by atoms with Gasteiger partial charge in [-0.05, 0) is 65.7 Å². The molecule has 35 heavy (non-hydrogen) atoms. The summed E-state index contributed by atoms with van der Waals surface area (Å²) in [5.41, 5.74) is 15.0. The Hall–Kier alpha value is -4.43. The second kappa shape index (κ2) is 10.7. The first-order chi connectivity index (χ1) is 16.9. The summed E-state index contributed by atoms with van der Waals surface area (Å²) in [6.07, 6.45) is 1.73. The molecule has 0 spiro atoms. The van der Waals surface area contributed by atoms with Crippen molar-refractivity contribution in [1.29, 1.82) is 0 Å². The minimum absolute atomic E-state index is 0.247. The van der Waals surface area contributed by atoms with Crippen LogP contribution in [0, 0.1) is 5.82 Å². The largest absolute Gasteiger partial charge is 0.397 e. The zero-order chi connectivity index (χ0) is 24.8. The number of carbonyl (C=O) groups excluding carboxylic acids is 2. The summed E-state index contributed by atoms with van der Waals surface area (Å²) in [5, 5.41) is 6.31. The number of amides is 2. The molecule has 0 fully saturated rings. The summed E-state index contributed by atoms with van der Waals surface area (Å²) >= 11 is 1.35. The van der Waals surface area contributed by atoms with Crippen molar-refractivity contribution in [3.63, 3.8) is 0 Å². The van der Waals surface area contributed by atoms with E-state index in [2.05, 4.69) is 10.6 Å². The molecule has 8 heteroatoms. The van der Waals surface area contributed by atoms with Crippen LogP contribution in [-0.2, 0) is 11.3 Å². The van der Waals surface area contributed by atoms with Gasteiger partial charge in [0.05, 0.1) is 16.4 Å². The molecule has 6 N–H and O–H groups in total. The summed E-state index contributed by atoms with van der Waals surface area (Å²) in [5.74, 6) is -0.979. The SMILES string of the molecule is Nc1ccc(/C=C(/C(=O)NCc2ccc(C(=O)Nc3ccccc3N)cc2)c2ccc(F)cc2)s1. The second-order valence-corrected chi connectivity index (χ2v) is 8.87. The summed E-state index contributed by atoms with van der Waals surface area (Å²) in [4.78, 5) is 26.4. The molecule has 0 saturated carbocycles. The Balaban J connectivity index is 1.44. The lowest BCUT2D eigenvalue weighted by Gasteiger charge is -2.11. The maximum atomic E-state index is 13.4. The minimum Gasteiger partial charge on any atom is -0.397 e.